The molecule has 0 bridgehead atoms. The first-order chi connectivity index (χ1) is 3.84. The quantitative estimate of drug-likeness (QED) is 0.576. The zero-order valence-electron chi connectivity index (χ0n) is 4.81. The number of rotatable bonds is 2. The van der Waals surface area contributed by atoms with Crippen LogP contribution in [-0.2, 0) is 0 Å². The van der Waals surface area contributed by atoms with Crippen LogP contribution in [0, 0.1) is 5.92 Å². The Kier molecular flexibility index (Phi) is 1.84. The predicted octanol–water partition coefficient (Wildman–Crippen LogP) is 1.12. The van der Waals surface area contributed by atoms with Crippen molar-refractivity contribution in [3.8, 4) is 0 Å². The third-order valence-electron chi connectivity index (χ3n) is 1.85. The molecule has 1 saturated carbocycles. The van der Waals surface area contributed by atoms with Crippen molar-refractivity contribution in [2.45, 2.75) is 25.4 Å². The smallest absolute Gasteiger partial charge is 0.116 e. The van der Waals surface area contributed by atoms with E-state index < -0.39 is 12.8 Å². The summed E-state index contributed by atoms with van der Waals surface area (Å²) < 4.78 is 11.6. The molecule has 1 aliphatic rings. The molecule has 1 atom stereocenters. The van der Waals surface area contributed by atoms with Crippen LogP contribution < -0.4 is 0 Å². The highest BCUT2D eigenvalue weighted by Crippen LogP contribution is 2.29. The lowest BCUT2D eigenvalue weighted by Crippen LogP contribution is -2.27. The summed E-state index contributed by atoms with van der Waals surface area (Å²) >= 11 is 0. The molecule has 1 nitrogen and oxygen atoms in total. The normalized spacial score (nSPS) is 24.8. The van der Waals surface area contributed by atoms with Crippen LogP contribution >= 0.6 is 0 Å². The van der Waals surface area contributed by atoms with Crippen molar-refractivity contribution >= 4 is 0 Å². The van der Waals surface area contributed by atoms with Gasteiger partial charge in [0.2, 0.25) is 0 Å². The van der Waals surface area contributed by atoms with Crippen molar-refractivity contribution in [2.24, 2.45) is 5.92 Å². The van der Waals surface area contributed by atoms with Crippen molar-refractivity contribution in [2.75, 3.05) is 6.67 Å². The van der Waals surface area contributed by atoms with Crippen LogP contribution in [0.5, 0.6) is 0 Å². The summed E-state index contributed by atoms with van der Waals surface area (Å²) in [6, 6.07) is 0. The zero-order chi connectivity index (χ0) is 5.98. The zero-order valence-corrected chi connectivity index (χ0v) is 4.81. The maximum atomic E-state index is 11.6. The highest BCUT2D eigenvalue weighted by molar-refractivity contribution is 4.75. The van der Waals surface area contributed by atoms with Gasteiger partial charge in [-0.05, 0) is 18.8 Å². The third-order valence-corrected chi connectivity index (χ3v) is 1.85. The van der Waals surface area contributed by atoms with Crippen LogP contribution in [0.3, 0.4) is 0 Å². The Hall–Kier alpha value is -0.110. The van der Waals surface area contributed by atoms with Crippen LogP contribution in [-0.4, -0.2) is 17.9 Å². The van der Waals surface area contributed by atoms with Gasteiger partial charge in [-0.2, -0.15) is 0 Å². The molecule has 0 aromatic rings. The van der Waals surface area contributed by atoms with Gasteiger partial charge < -0.3 is 5.11 Å². The Balaban J connectivity index is 2.13. The molecule has 0 aliphatic heterocycles. The summed E-state index contributed by atoms with van der Waals surface area (Å²) in [6.07, 6.45) is 2.54. The Morgan fingerprint density at radius 2 is 2.25 bits per heavy atom. The number of halogens is 1. The Labute approximate surface area is 48.5 Å². The van der Waals surface area contributed by atoms with E-state index in [1.54, 1.807) is 0 Å². The lowest BCUT2D eigenvalue weighted by atomic mass is 9.82. The summed E-state index contributed by atoms with van der Waals surface area (Å²) in [4.78, 5) is 0. The monoisotopic (exact) mass is 118 g/mol. The van der Waals surface area contributed by atoms with E-state index in [-0.39, 0.29) is 5.92 Å². The number of alkyl halides is 1. The number of hydrogen-bond donors (Lipinski definition) is 1. The fraction of sp³-hybridized carbons (Fsp3) is 1.00. The average Bonchev–Trinajstić information content (AvgIpc) is 1.62. The lowest BCUT2D eigenvalue weighted by molar-refractivity contribution is 0.0422. The minimum atomic E-state index is -0.663. The van der Waals surface area contributed by atoms with Gasteiger partial charge in [-0.15, -0.1) is 0 Å². The van der Waals surface area contributed by atoms with Gasteiger partial charge in [0.25, 0.3) is 0 Å². The van der Waals surface area contributed by atoms with E-state index in [9.17, 15) is 4.39 Å². The number of aliphatic hydroxyl groups excluding tert-OH is 1. The topological polar surface area (TPSA) is 20.2 Å². The molecular formula is C6H11FO. The van der Waals surface area contributed by atoms with Gasteiger partial charge in [0, 0.05) is 0 Å². The van der Waals surface area contributed by atoms with Crippen molar-refractivity contribution in [1.82, 2.24) is 0 Å². The molecule has 0 heterocycles. The van der Waals surface area contributed by atoms with E-state index in [2.05, 4.69) is 0 Å². The predicted molar refractivity (Wildman–Crippen MR) is 29.3 cm³/mol. The fourth-order valence-electron chi connectivity index (χ4n) is 0.951. The van der Waals surface area contributed by atoms with Crippen LogP contribution in [0.1, 0.15) is 19.3 Å². The average molecular weight is 118 g/mol. The van der Waals surface area contributed by atoms with Crippen LogP contribution in [0.2, 0.25) is 0 Å². The molecule has 1 unspecified atom stereocenters. The second-order valence-corrected chi connectivity index (χ2v) is 2.41. The molecule has 1 rings (SSSR count). The van der Waals surface area contributed by atoms with E-state index in [0.29, 0.717) is 0 Å². The van der Waals surface area contributed by atoms with Gasteiger partial charge in [-0.1, -0.05) is 6.42 Å². The molecule has 1 N–H and O–H groups in total. The van der Waals surface area contributed by atoms with E-state index >= 15 is 0 Å². The Morgan fingerprint density at radius 1 is 1.62 bits per heavy atom. The second kappa shape index (κ2) is 2.44. The molecule has 0 saturated heterocycles. The minimum absolute atomic E-state index is 0.278. The SMILES string of the molecule is OC(CF)C1CCC1. The lowest BCUT2D eigenvalue weighted by Gasteiger charge is -2.28. The highest BCUT2D eigenvalue weighted by atomic mass is 19.1. The molecule has 48 valence electrons. The Morgan fingerprint density at radius 3 is 2.38 bits per heavy atom. The summed E-state index contributed by atoms with van der Waals surface area (Å²) in [7, 11) is 0. The first kappa shape index (κ1) is 6.02. The first-order valence-corrected chi connectivity index (χ1v) is 3.08. The molecule has 1 fully saturated rings. The summed E-state index contributed by atoms with van der Waals surface area (Å²) in [5, 5.41) is 8.80. The van der Waals surface area contributed by atoms with Crippen molar-refractivity contribution < 1.29 is 9.50 Å². The van der Waals surface area contributed by atoms with E-state index in [4.69, 9.17) is 5.11 Å². The van der Waals surface area contributed by atoms with Gasteiger partial charge >= 0.3 is 0 Å². The fourth-order valence-corrected chi connectivity index (χ4v) is 0.951. The number of hydrogen-bond acceptors (Lipinski definition) is 1. The second-order valence-electron chi connectivity index (χ2n) is 2.41. The van der Waals surface area contributed by atoms with Gasteiger partial charge in [0.1, 0.15) is 6.67 Å². The van der Waals surface area contributed by atoms with Crippen molar-refractivity contribution in [3.63, 3.8) is 0 Å². The molecule has 0 radical (unpaired) electrons. The van der Waals surface area contributed by atoms with Crippen LogP contribution in [0.15, 0.2) is 0 Å². The van der Waals surface area contributed by atoms with Gasteiger partial charge in [-0.3, -0.25) is 0 Å². The standard InChI is InChI=1S/C6H11FO/c7-4-6(8)5-2-1-3-5/h5-6,8H,1-4H2. The molecule has 0 aromatic heterocycles. The van der Waals surface area contributed by atoms with E-state index in [1.807, 2.05) is 0 Å². The van der Waals surface area contributed by atoms with Crippen molar-refractivity contribution in [1.29, 1.82) is 0 Å². The molecule has 2 heteroatoms. The largest absolute Gasteiger partial charge is 0.390 e. The number of aliphatic hydroxyl groups is 1. The Bertz CT molecular complexity index is 68.2. The summed E-state index contributed by atoms with van der Waals surface area (Å²) in [6.45, 7) is -0.565. The molecular weight excluding hydrogens is 107 g/mol. The summed E-state index contributed by atoms with van der Waals surface area (Å²) in [5.74, 6) is 0.278. The maximum absolute atomic E-state index is 11.6. The van der Waals surface area contributed by atoms with Gasteiger partial charge in [0.15, 0.2) is 0 Å². The molecule has 0 spiro atoms. The van der Waals surface area contributed by atoms with E-state index in [0.717, 1.165) is 12.8 Å². The maximum Gasteiger partial charge on any atom is 0.116 e. The minimum Gasteiger partial charge on any atom is -0.390 e. The molecule has 8 heavy (non-hydrogen) atoms. The molecule has 0 aromatic carbocycles. The first-order valence-electron chi connectivity index (χ1n) is 3.08. The molecule has 1 aliphatic carbocycles. The van der Waals surface area contributed by atoms with Crippen molar-refractivity contribution in [3.05, 3.63) is 0 Å². The van der Waals surface area contributed by atoms with Crippen LogP contribution in [0.4, 0.5) is 4.39 Å². The highest BCUT2D eigenvalue weighted by Gasteiger charge is 2.24. The molecule has 0 amide bonds. The summed E-state index contributed by atoms with van der Waals surface area (Å²) in [5.41, 5.74) is 0. The van der Waals surface area contributed by atoms with E-state index in [1.165, 1.54) is 6.42 Å². The van der Waals surface area contributed by atoms with Gasteiger partial charge in [0.05, 0.1) is 6.10 Å². The third kappa shape index (κ3) is 0.996. The van der Waals surface area contributed by atoms with Crippen LogP contribution in [0.25, 0.3) is 0 Å². The van der Waals surface area contributed by atoms with Gasteiger partial charge in [-0.25, -0.2) is 4.39 Å².